The number of rotatable bonds is 5. The van der Waals surface area contributed by atoms with E-state index in [0.29, 0.717) is 25.4 Å². The second kappa shape index (κ2) is 7.79. The van der Waals surface area contributed by atoms with Crippen LogP contribution in [0.1, 0.15) is 31.7 Å². The Labute approximate surface area is 143 Å². The molecule has 0 spiro atoms. The van der Waals surface area contributed by atoms with Crippen LogP contribution in [0.3, 0.4) is 0 Å². The van der Waals surface area contributed by atoms with Crippen molar-refractivity contribution in [1.29, 1.82) is 0 Å². The molecule has 2 amide bonds. The van der Waals surface area contributed by atoms with Crippen LogP contribution in [0.25, 0.3) is 0 Å². The zero-order valence-corrected chi connectivity index (χ0v) is 14.4. The molecule has 2 heterocycles. The summed E-state index contributed by atoms with van der Waals surface area (Å²) in [4.78, 5) is 26.6. The third kappa shape index (κ3) is 3.78. The largest absolute Gasteiger partial charge is 0.355 e. The van der Waals surface area contributed by atoms with Crippen LogP contribution in [0.15, 0.2) is 24.3 Å². The van der Waals surface area contributed by atoms with Gasteiger partial charge in [-0.1, -0.05) is 25.1 Å². The molecule has 0 radical (unpaired) electrons. The lowest BCUT2D eigenvalue weighted by atomic mass is 9.99. The molecular weight excluding hydrogens is 302 g/mol. The van der Waals surface area contributed by atoms with Crippen LogP contribution in [0, 0.1) is 11.8 Å². The highest BCUT2D eigenvalue weighted by Gasteiger charge is 2.35. The van der Waals surface area contributed by atoms with Crippen LogP contribution in [0.5, 0.6) is 0 Å². The van der Waals surface area contributed by atoms with E-state index in [-0.39, 0.29) is 17.7 Å². The topological polar surface area (TPSA) is 61.4 Å². The van der Waals surface area contributed by atoms with Crippen molar-refractivity contribution >= 4 is 17.5 Å². The number of nitrogens with one attached hydrogen (secondary N) is 2. The minimum atomic E-state index is -0.237. The van der Waals surface area contributed by atoms with Crippen molar-refractivity contribution in [2.75, 3.05) is 31.1 Å². The van der Waals surface area contributed by atoms with Gasteiger partial charge in [-0.2, -0.15) is 0 Å². The number of nitrogens with zero attached hydrogens (tertiary/aromatic N) is 1. The Balaban J connectivity index is 1.58. The van der Waals surface area contributed by atoms with Crippen LogP contribution in [0.2, 0.25) is 0 Å². The maximum absolute atomic E-state index is 12.5. The van der Waals surface area contributed by atoms with Crippen molar-refractivity contribution in [3.8, 4) is 0 Å². The molecule has 2 aliphatic rings. The summed E-state index contributed by atoms with van der Waals surface area (Å²) in [7, 11) is 0. The van der Waals surface area contributed by atoms with E-state index in [4.69, 9.17) is 0 Å². The minimum absolute atomic E-state index is 0.0189. The fourth-order valence-corrected chi connectivity index (χ4v) is 3.68. The molecule has 2 atom stereocenters. The van der Waals surface area contributed by atoms with Crippen LogP contribution in [-0.4, -0.2) is 38.0 Å². The van der Waals surface area contributed by atoms with E-state index in [1.54, 1.807) is 4.90 Å². The third-order valence-corrected chi connectivity index (χ3v) is 5.12. The van der Waals surface area contributed by atoms with Crippen molar-refractivity contribution in [2.45, 2.75) is 32.6 Å². The molecule has 2 saturated heterocycles. The normalized spacial score (nSPS) is 24.2. The SMILES string of the molecule is CCc1ccccc1N1CC(C(=O)NCC2CCCNC2)CC1=O. The second-order valence-electron chi connectivity index (χ2n) is 6.85. The fourth-order valence-electron chi connectivity index (χ4n) is 3.68. The van der Waals surface area contributed by atoms with Gasteiger partial charge in [0.1, 0.15) is 0 Å². The van der Waals surface area contributed by atoms with E-state index >= 15 is 0 Å². The van der Waals surface area contributed by atoms with E-state index in [9.17, 15) is 9.59 Å². The summed E-state index contributed by atoms with van der Waals surface area (Å²) >= 11 is 0. The number of para-hydroxylation sites is 1. The van der Waals surface area contributed by atoms with Gasteiger partial charge in [0.05, 0.1) is 5.92 Å². The molecule has 0 aliphatic carbocycles. The summed E-state index contributed by atoms with van der Waals surface area (Å²) in [6, 6.07) is 7.97. The molecule has 3 rings (SSSR count). The Hall–Kier alpha value is -1.88. The van der Waals surface area contributed by atoms with Crippen LogP contribution >= 0.6 is 0 Å². The van der Waals surface area contributed by atoms with Gasteiger partial charge in [-0.3, -0.25) is 9.59 Å². The molecule has 1 aromatic carbocycles. The summed E-state index contributed by atoms with van der Waals surface area (Å²) < 4.78 is 0. The number of carbonyl (C=O) groups is 2. The standard InChI is InChI=1S/C19H27N3O2/c1-2-15-7-3-4-8-17(15)22-13-16(10-18(22)23)19(24)21-12-14-6-5-9-20-11-14/h3-4,7-8,14,16,20H,2,5-6,9-13H2,1H3,(H,21,24). The minimum Gasteiger partial charge on any atom is -0.355 e. The van der Waals surface area contributed by atoms with Gasteiger partial charge in [-0.15, -0.1) is 0 Å². The van der Waals surface area contributed by atoms with Gasteiger partial charge >= 0.3 is 0 Å². The van der Waals surface area contributed by atoms with Gasteiger partial charge in [-0.05, 0) is 49.9 Å². The molecule has 2 unspecified atom stereocenters. The van der Waals surface area contributed by atoms with E-state index < -0.39 is 0 Å². The predicted octanol–water partition coefficient (Wildman–Crippen LogP) is 1.72. The lowest BCUT2D eigenvalue weighted by Gasteiger charge is -2.23. The zero-order chi connectivity index (χ0) is 16.9. The van der Waals surface area contributed by atoms with Gasteiger partial charge in [0, 0.05) is 25.2 Å². The summed E-state index contributed by atoms with van der Waals surface area (Å²) in [6.45, 7) is 5.34. The van der Waals surface area contributed by atoms with E-state index in [2.05, 4.69) is 17.6 Å². The average Bonchev–Trinajstić information content (AvgIpc) is 3.02. The molecule has 2 fully saturated rings. The number of aryl methyl sites for hydroxylation is 1. The monoisotopic (exact) mass is 329 g/mol. The molecule has 1 aromatic rings. The molecule has 5 nitrogen and oxygen atoms in total. The summed E-state index contributed by atoms with van der Waals surface area (Å²) in [5, 5.41) is 6.42. The van der Waals surface area contributed by atoms with Gasteiger partial charge in [0.2, 0.25) is 11.8 Å². The average molecular weight is 329 g/mol. The summed E-state index contributed by atoms with van der Waals surface area (Å²) in [5.74, 6) is 0.344. The highest BCUT2D eigenvalue weighted by molar-refractivity contribution is 6.00. The maximum atomic E-state index is 12.5. The first-order chi connectivity index (χ1) is 11.7. The number of amides is 2. The fraction of sp³-hybridized carbons (Fsp3) is 0.579. The van der Waals surface area contributed by atoms with E-state index in [1.165, 1.54) is 6.42 Å². The van der Waals surface area contributed by atoms with Crippen LogP contribution in [-0.2, 0) is 16.0 Å². The van der Waals surface area contributed by atoms with Crippen molar-refractivity contribution in [1.82, 2.24) is 10.6 Å². The zero-order valence-electron chi connectivity index (χ0n) is 14.4. The Morgan fingerprint density at radius 3 is 2.96 bits per heavy atom. The first-order valence-corrected chi connectivity index (χ1v) is 9.05. The van der Waals surface area contributed by atoms with Crippen LogP contribution < -0.4 is 15.5 Å². The number of piperidine rings is 1. The highest BCUT2D eigenvalue weighted by atomic mass is 16.2. The van der Waals surface area contributed by atoms with Gasteiger partial charge in [0.15, 0.2) is 0 Å². The summed E-state index contributed by atoms with van der Waals surface area (Å²) in [5.41, 5.74) is 2.11. The number of benzene rings is 1. The van der Waals surface area contributed by atoms with Gasteiger partial charge < -0.3 is 15.5 Å². The molecule has 24 heavy (non-hydrogen) atoms. The quantitative estimate of drug-likeness (QED) is 0.865. The number of anilines is 1. The molecular formula is C19H27N3O2. The Kier molecular flexibility index (Phi) is 5.51. The lowest BCUT2D eigenvalue weighted by molar-refractivity contribution is -0.126. The van der Waals surface area contributed by atoms with Crippen molar-refractivity contribution in [3.63, 3.8) is 0 Å². The third-order valence-electron chi connectivity index (χ3n) is 5.12. The Morgan fingerprint density at radius 1 is 1.38 bits per heavy atom. The van der Waals surface area contributed by atoms with Crippen molar-refractivity contribution in [2.24, 2.45) is 11.8 Å². The molecule has 2 N–H and O–H groups in total. The smallest absolute Gasteiger partial charge is 0.227 e. The Morgan fingerprint density at radius 2 is 2.21 bits per heavy atom. The van der Waals surface area contributed by atoms with Gasteiger partial charge in [0.25, 0.3) is 0 Å². The molecule has 0 bridgehead atoms. The first-order valence-electron chi connectivity index (χ1n) is 9.05. The second-order valence-corrected chi connectivity index (χ2v) is 6.85. The van der Waals surface area contributed by atoms with Gasteiger partial charge in [-0.25, -0.2) is 0 Å². The van der Waals surface area contributed by atoms with E-state index in [1.807, 2.05) is 24.3 Å². The van der Waals surface area contributed by atoms with Crippen molar-refractivity contribution < 1.29 is 9.59 Å². The molecule has 5 heteroatoms. The predicted molar refractivity (Wildman–Crippen MR) is 94.9 cm³/mol. The van der Waals surface area contributed by atoms with Crippen LogP contribution in [0.4, 0.5) is 5.69 Å². The molecule has 130 valence electrons. The highest BCUT2D eigenvalue weighted by Crippen LogP contribution is 2.28. The Bertz CT molecular complexity index is 596. The number of hydrogen-bond acceptors (Lipinski definition) is 3. The number of carbonyl (C=O) groups excluding carboxylic acids is 2. The molecule has 0 aromatic heterocycles. The number of hydrogen-bond donors (Lipinski definition) is 2. The van der Waals surface area contributed by atoms with E-state index in [0.717, 1.165) is 37.2 Å². The maximum Gasteiger partial charge on any atom is 0.227 e. The van der Waals surface area contributed by atoms with Crippen molar-refractivity contribution in [3.05, 3.63) is 29.8 Å². The summed E-state index contributed by atoms with van der Waals surface area (Å²) in [6.07, 6.45) is 3.52. The first kappa shape index (κ1) is 17.0. The lowest BCUT2D eigenvalue weighted by Crippen LogP contribution is -2.40. The molecule has 0 saturated carbocycles. The molecule has 2 aliphatic heterocycles.